The van der Waals surface area contributed by atoms with Gasteiger partial charge in [0.2, 0.25) is 15.9 Å². The van der Waals surface area contributed by atoms with Crippen LogP contribution >= 0.6 is 11.6 Å². The minimum Gasteiger partial charge on any atom is -0.465 e. The number of carbonyl (C=O) groups is 2. The van der Waals surface area contributed by atoms with E-state index in [9.17, 15) is 23.1 Å². The van der Waals surface area contributed by atoms with Crippen LogP contribution < -0.4 is 9.62 Å². The zero-order valence-corrected chi connectivity index (χ0v) is 22.8. The fraction of sp³-hybridized carbons (Fsp3) is 0.357. The van der Waals surface area contributed by atoms with Crippen molar-refractivity contribution in [2.24, 2.45) is 5.92 Å². The van der Waals surface area contributed by atoms with E-state index in [2.05, 4.69) is 18.6 Å². The number of rotatable bonds is 6. The lowest BCUT2D eigenvalue weighted by Crippen LogP contribution is -2.42. The SMILES string of the molecule is CC(C)CC1c2ccc(N3CC[C@@H](NS(=O)(=O)c4ccc5cc(Cl)ccc5c4)C3=O)cc2CCN1C(=O)O. The quantitative estimate of drug-likeness (QED) is 0.435. The number of fused-ring (bicyclic) bond motifs is 2. The highest BCUT2D eigenvalue weighted by Crippen LogP contribution is 2.37. The van der Waals surface area contributed by atoms with Crippen LogP contribution in [0.2, 0.25) is 5.02 Å². The summed E-state index contributed by atoms with van der Waals surface area (Å²) in [5.41, 5.74) is 2.70. The second-order valence-corrected chi connectivity index (χ2v) is 12.5. The van der Waals surface area contributed by atoms with E-state index >= 15 is 0 Å². The van der Waals surface area contributed by atoms with Gasteiger partial charge in [0.1, 0.15) is 6.04 Å². The van der Waals surface area contributed by atoms with Gasteiger partial charge in [-0.05, 0) is 83.5 Å². The van der Waals surface area contributed by atoms with Crippen LogP contribution in [0.4, 0.5) is 10.5 Å². The molecule has 0 aliphatic carbocycles. The second-order valence-electron chi connectivity index (χ2n) is 10.4. The second kappa shape index (κ2) is 10.2. The highest BCUT2D eigenvalue weighted by Gasteiger charge is 2.37. The Bertz CT molecular complexity index is 1520. The third-order valence-corrected chi connectivity index (χ3v) is 9.03. The van der Waals surface area contributed by atoms with Crippen molar-refractivity contribution in [1.82, 2.24) is 9.62 Å². The normalized spacial score (nSPS) is 19.8. The third kappa shape index (κ3) is 5.10. The summed E-state index contributed by atoms with van der Waals surface area (Å²) in [6.45, 7) is 4.93. The lowest BCUT2D eigenvalue weighted by atomic mass is 9.87. The molecule has 1 saturated heterocycles. The number of hydrogen-bond acceptors (Lipinski definition) is 4. The Balaban J connectivity index is 1.34. The van der Waals surface area contributed by atoms with Gasteiger partial charge in [-0.25, -0.2) is 13.2 Å². The smallest absolute Gasteiger partial charge is 0.407 e. The van der Waals surface area contributed by atoms with E-state index in [-0.39, 0.29) is 16.8 Å². The van der Waals surface area contributed by atoms with Gasteiger partial charge in [0.05, 0.1) is 10.9 Å². The van der Waals surface area contributed by atoms with Crippen molar-refractivity contribution in [3.05, 3.63) is 70.7 Å². The van der Waals surface area contributed by atoms with E-state index < -0.39 is 22.2 Å². The maximum absolute atomic E-state index is 13.3. The fourth-order valence-corrected chi connectivity index (χ4v) is 6.90. The van der Waals surface area contributed by atoms with Crippen LogP contribution in [0, 0.1) is 5.92 Å². The molecule has 5 rings (SSSR count). The Hall–Kier alpha value is -3.14. The topological polar surface area (TPSA) is 107 Å². The Labute approximate surface area is 227 Å². The maximum atomic E-state index is 13.3. The molecule has 3 aromatic carbocycles. The molecule has 1 fully saturated rings. The molecule has 0 bridgehead atoms. The molecule has 0 spiro atoms. The number of carbonyl (C=O) groups excluding carboxylic acids is 1. The summed E-state index contributed by atoms with van der Waals surface area (Å²) in [4.78, 5) is 28.3. The zero-order chi connectivity index (χ0) is 27.2. The molecule has 2 heterocycles. The van der Waals surface area contributed by atoms with Gasteiger partial charge in [-0.3, -0.25) is 4.79 Å². The number of benzene rings is 3. The highest BCUT2D eigenvalue weighted by molar-refractivity contribution is 7.89. The van der Waals surface area contributed by atoms with Crippen LogP contribution in [-0.4, -0.2) is 49.6 Å². The minimum atomic E-state index is -3.92. The first-order chi connectivity index (χ1) is 18.0. The molecule has 200 valence electrons. The standard InChI is InChI=1S/C28H30ClN3O5S/c1-17(2)13-26-24-8-6-22(15-20(24)9-11-32(26)28(34)35)31-12-10-25(27(31)33)30-38(36,37)23-7-4-18-14-21(29)5-3-19(18)16-23/h3-8,14-17,25-26,30H,9-13H2,1-2H3,(H,34,35)/t25-,26?/m1/s1. The Kier molecular flexibility index (Phi) is 7.11. The van der Waals surface area contributed by atoms with Gasteiger partial charge in [-0.2, -0.15) is 4.72 Å². The molecule has 38 heavy (non-hydrogen) atoms. The van der Waals surface area contributed by atoms with E-state index in [1.54, 1.807) is 35.2 Å². The fourth-order valence-electron chi connectivity index (χ4n) is 5.46. The lowest BCUT2D eigenvalue weighted by Gasteiger charge is -2.37. The predicted octanol–water partition coefficient (Wildman–Crippen LogP) is 5.20. The molecule has 2 aliphatic heterocycles. The largest absolute Gasteiger partial charge is 0.465 e. The monoisotopic (exact) mass is 555 g/mol. The minimum absolute atomic E-state index is 0.0894. The number of amides is 2. The molecule has 2 atom stereocenters. The molecule has 0 aromatic heterocycles. The average molecular weight is 556 g/mol. The van der Waals surface area contributed by atoms with E-state index in [1.165, 1.54) is 11.0 Å². The van der Waals surface area contributed by atoms with Gasteiger partial charge in [0.15, 0.2) is 0 Å². The van der Waals surface area contributed by atoms with Crippen LogP contribution in [0.3, 0.4) is 0 Å². The number of anilines is 1. The molecule has 2 aliphatic rings. The first-order valence-corrected chi connectivity index (χ1v) is 14.5. The molecule has 2 N–H and O–H groups in total. The lowest BCUT2D eigenvalue weighted by molar-refractivity contribution is -0.118. The summed E-state index contributed by atoms with van der Waals surface area (Å²) in [5.74, 6) is 0.0182. The summed E-state index contributed by atoms with van der Waals surface area (Å²) in [6.07, 6.45) is 0.703. The molecule has 0 saturated carbocycles. The van der Waals surface area contributed by atoms with Crippen LogP contribution in [0.25, 0.3) is 10.8 Å². The van der Waals surface area contributed by atoms with Crippen molar-refractivity contribution < 1.29 is 23.1 Å². The van der Waals surface area contributed by atoms with Crippen LogP contribution in [0.1, 0.15) is 43.9 Å². The van der Waals surface area contributed by atoms with E-state index in [1.807, 2.05) is 18.2 Å². The predicted molar refractivity (Wildman–Crippen MR) is 147 cm³/mol. The summed E-state index contributed by atoms with van der Waals surface area (Å²) < 4.78 is 28.8. The van der Waals surface area contributed by atoms with E-state index in [0.717, 1.165) is 21.9 Å². The summed E-state index contributed by atoms with van der Waals surface area (Å²) in [5, 5.41) is 11.8. The summed E-state index contributed by atoms with van der Waals surface area (Å²) in [7, 11) is -3.92. The number of nitrogens with one attached hydrogen (secondary N) is 1. The Morgan fingerprint density at radius 3 is 2.55 bits per heavy atom. The number of hydrogen-bond donors (Lipinski definition) is 2. The number of halogens is 1. The van der Waals surface area contributed by atoms with Crippen molar-refractivity contribution in [3.63, 3.8) is 0 Å². The average Bonchev–Trinajstić information content (AvgIpc) is 3.22. The van der Waals surface area contributed by atoms with Crippen LogP contribution in [0.15, 0.2) is 59.5 Å². The van der Waals surface area contributed by atoms with E-state index in [0.29, 0.717) is 49.0 Å². The molecule has 0 radical (unpaired) electrons. The summed E-state index contributed by atoms with van der Waals surface area (Å²) >= 11 is 6.03. The Morgan fingerprint density at radius 1 is 1.08 bits per heavy atom. The van der Waals surface area contributed by atoms with Crippen LogP contribution in [-0.2, 0) is 21.2 Å². The van der Waals surface area contributed by atoms with Crippen LogP contribution in [0.5, 0.6) is 0 Å². The van der Waals surface area contributed by atoms with Gasteiger partial charge in [0.25, 0.3) is 0 Å². The molecule has 10 heteroatoms. The summed E-state index contributed by atoms with van der Waals surface area (Å²) in [6, 6.07) is 14.6. The first kappa shape index (κ1) is 26.5. The first-order valence-electron chi connectivity index (χ1n) is 12.7. The zero-order valence-electron chi connectivity index (χ0n) is 21.2. The number of carboxylic acid groups (broad SMARTS) is 1. The van der Waals surface area contributed by atoms with Crippen molar-refractivity contribution in [3.8, 4) is 0 Å². The molecule has 2 amide bonds. The van der Waals surface area contributed by atoms with Gasteiger partial charge in [-0.1, -0.05) is 43.6 Å². The Morgan fingerprint density at radius 2 is 1.82 bits per heavy atom. The third-order valence-electron chi connectivity index (χ3n) is 7.32. The van der Waals surface area contributed by atoms with Gasteiger partial charge in [0, 0.05) is 23.8 Å². The number of nitrogens with zero attached hydrogens (tertiary/aromatic N) is 2. The molecule has 1 unspecified atom stereocenters. The van der Waals surface area contributed by atoms with Crippen molar-refractivity contribution in [1.29, 1.82) is 0 Å². The molecule has 8 nitrogen and oxygen atoms in total. The number of sulfonamides is 1. The maximum Gasteiger partial charge on any atom is 0.407 e. The molecular weight excluding hydrogens is 526 g/mol. The van der Waals surface area contributed by atoms with Gasteiger partial charge >= 0.3 is 6.09 Å². The highest BCUT2D eigenvalue weighted by atomic mass is 35.5. The van der Waals surface area contributed by atoms with Gasteiger partial charge < -0.3 is 14.9 Å². The molecule has 3 aromatic rings. The molecular formula is C28H30ClN3O5S. The van der Waals surface area contributed by atoms with Gasteiger partial charge in [-0.15, -0.1) is 0 Å². The van der Waals surface area contributed by atoms with Crippen molar-refractivity contribution >= 4 is 50.1 Å². The van der Waals surface area contributed by atoms with E-state index in [4.69, 9.17) is 11.6 Å². The van der Waals surface area contributed by atoms with Crippen molar-refractivity contribution in [2.75, 3.05) is 18.0 Å². The van der Waals surface area contributed by atoms with Crippen molar-refractivity contribution in [2.45, 2.75) is 50.1 Å².